The van der Waals surface area contributed by atoms with E-state index in [2.05, 4.69) is 36.9 Å². The number of methoxy groups -OCH3 is 3. The van der Waals surface area contributed by atoms with Gasteiger partial charge in [-0.25, -0.2) is 0 Å². The van der Waals surface area contributed by atoms with Gasteiger partial charge in [-0.05, 0) is 67.6 Å². The average molecular weight is 416 g/mol. The highest BCUT2D eigenvalue weighted by atomic mass is 16.5. The first-order valence-electron chi connectivity index (χ1n) is 10.3. The Morgan fingerprint density at radius 1 is 0.867 bits per heavy atom. The molecule has 6 nitrogen and oxygen atoms in total. The van der Waals surface area contributed by atoms with Crippen LogP contribution in [0.25, 0.3) is 0 Å². The Kier molecular flexibility index (Phi) is 7.10. The average Bonchev–Trinajstić information content (AvgIpc) is 3.19. The largest absolute Gasteiger partial charge is 0.493 e. The summed E-state index contributed by atoms with van der Waals surface area (Å²) in [5, 5.41) is 8.96. The first-order valence-corrected chi connectivity index (χ1v) is 10.3. The zero-order valence-corrected chi connectivity index (χ0v) is 18.7. The van der Waals surface area contributed by atoms with Crippen LogP contribution in [0.2, 0.25) is 0 Å². The number of rotatable bonds is 10. The van der Waals surface area contributed by atoms with Gasteiger partial charge in [0, 0.05) is 18.6 Å². The molecule has 164 valence electrons. The van der Waals surface area contributed by atoms with E-state index >= 15 is 0 Å². The van der Waals surface area contributed by atoms with E-state index in [-0.39, 0.29) is 18.8 Å². The van der Waals surface area contributed by atoms with Gasteiger partial charge in [0.2, 0.25) is 0 Å². The fraction of sp³-hybridized carbons (Fsp3) is 0.500. The fourth-order valence-electron chi connectivity index (χ4n) is 3.90. The van der Waals surface area contributed by atoms with E-state index in [4.69, 9.17) is 24.1 Å². The van der Waals surface area contributed by atoms with Crippen LogP contribution in [-0.2, 0) is 19.5 Å². The van der Waals surface area contributed by atoms with Gasteiger partial charge in [0.25, 0.3) is 0 Å². The molecule has 0 saturated carbocycles. The van der Waals surface area contributed by atoms with E-state index < -0.39 is 0 Å². The summed E-state index contributed by atoms with van der Waals surface area (Å²) in [6.07, 6.45) is 1.94. The molecule has 1 N–H and O–H groups in total. The maximum atomic E-state index is 8.96. The maximum absolute atomic E-state index is 8.96. The number of fused-ring (bicyclic) bond motifs is 1. The third kappa shape index (κ3) is 4.82. The quantitative estimate of drug-likeness (QED) is 0.637. The zero-order chi connectivity index (χ0) is 21.7. The van der Waals surface area contributed by atoms with Crippen molar-refractivity contribution in [3.63, 3.8) is 0 Å². The number of aliphatic hydroxyl groups is 1. The third-order valence-electron chi connectivity index (χ3n) is 5.89. The van der Waals surface area contributed by atoms with Gasteiger partial charge in [-0.3, -0.25) is 4.90 Å². The molecule has 0 aliphatic carbocycles. The van der Waals surface area contributed by atoms with E-state index in [0.717, 1.165) is 37.4 Å². The molecule has 3 rings (SSSR count). The molecule has 2 aromatic rings. The predicted octanol–water partition coefficient (Wildman–Crippen LogP) is 3.81. The summed E-state index contributed by atoms with van der Waals surface area (Å²) >= 11 is 0. The van der Waals surface area contributed by atoms with Crippen molar-refractivity contribution in [2.75, 3.05) is 34.5 Å². The normalized spacial score (nSPS) is 13.8. The van der Waals surface area contributed by atoms with E-state index in [9.17, 15) is 0 Å². The van der Waals surface area contributed by atoms with E-state index in [0.29, 0.717) is 11.5 Å². The summed E-state index contributed by atoms with van der Waals surface area (Å²) in [7, 11) is 4.99. The third-order valence-corrected chi connectivity index (χ3v) is 5.89. The second-order valence-corrected chi connectivity index (χ2v) is 8.20. The highest BCUT2D eigenvalue weighted by molar-refractivity contribution is 5.49. The Morgan fingerprint density at radius 2 is 1.43 bits per heavy atom. The molecule has 1 heterocycles. The Balaban J connectivity index is 1.67. The SMILES string of the molecule is COc1cc2c(cc1OC)CN(C(C)(C)CCc1ccc(OCCO)c(OC)c1)C2. The van der Waals surface area contributed by atoms with Crippen molar-refractivity contribution in [2.45, 2.75) is 45.3 Å². The molecule has 0 fully saturated rings. The topological polar surface area (TPSA) is 60.4 Å². The van der Waals surface area contributed by atoms with Gasteiger partial charge in [-0.15, -0.1) is 0 Å². The lowest BCUT2D eigenvalue weighted by atomic mass is 9.93. The number of hydrogen-bond acceptors (Lipinski definition) is 6. The van der Waals surface area contributed by atoms with Gasteiger partial charge in [-0.1, -0.05) is 6.07 Å². The van der Waals surface area contributed by atoms with Crippen LogP contribution in [0.5, 0.6) is 23.0 Å². The van der Waals surface area contributed by atoms with E-state index in [1.54, 1.807) is 21.3 Å². The van der Waals surface area contributed by atoms with Crippen LogP contribution >= 0.6 is 0 Å². The van der Waals surface area contributed by atoms with Crippen LogP contribution in [0.4, 0.5) is 0 Å². The van der Waals surface area contributed by atoms with Gasteiger partial charge >= 0.3 is 0 Å². The highest BCUT2D eigenvalue weighted by Gasteiger charge is 2.32. The van der Waals surface area contributed by atoms with Crippen LogP contribution in [0.3, 0.4) is 0 Å². The van der Waals surface area contributed by atoms with Crippen LogP contribution in [0.15, 0.2) is 30.3 Å². The van der Waals surface area contributed by atoms with Crippen molar-refractivity contribution in [2.24, 2.45) is 0 Å². The van der Waals surface area contributed by atoms with Crippen molar-refractivity contribution >= 4 is 0 Å². The molecule has 0 aromatic heterocycles. The molecule has 0 radical (unpaired) electrons. The molecule has 0 unspecified atom stereocenters. The fourth-order valence-corrected chi connectivity index (χ4v) is 3.90. The summed E-state index contributed by atoms with van der Waals surface area (Å²) < 4.78 is 21.9. The lowest BCUT2D eigenvalue weighted by Crippen LogP contribution is -2.40. The molecular formula is C24H33NO5. The molecule has 6 heteroatoms. The zero-order valence-electron chi connectivity index (χ0n) is 18.7. The highest BCUT2D eigenvalue weighted by Crippen LogP contribution is 2.38. The van der Waals surface area contributed by atoms with E-state index in [1.165, 1.54) is 16.7 Å². The Hall–Kier alpha value is -2.44. The lowest BCUT2D eigenvalue weighted by Gasteiger charge is -2.35. The Bertz CT molecular complexity index is 832. The smallest absolute Gasteiger partial charge is 0.161 e. The van der Waals surface area contributed by atoms with Gasteiger partial charge in [0.15, 0.2) is 23.0 Å². The molecule has 0 saturated heterocycles. The molecule has 30 heavy (non-hydrogen) atoms. The van der Waals surface area contributed by atoms with Crippen LogP contribution < -0.4 is 18.9 Å². The van der Waals surface area contributed by atoms with Crippen LogP contribution in [0.1, 0.15) is 37.0 Å². The van der Waals surface area contributed by atoms with Crippen LogP contribution in [0, 0.1) is 0 Å². The molecule has 1 aliphatic heterocycles. The first kappa shape index (κ1) is 22.2. The Labute approximate surface area is 179 Å². The number of hydrogen-bond donors (Lipinski definition) is 1. The van der Waals surface area contributed by atoms with Crippen molar-refractivity contribution in [1.82, 2.24) is 4.90 Å². The van der Waals surface area contributed by atoms with Gasteiger partial charge < -0.3 is 24.1 Å². The monoisotopic (exact) mass is 415 g/mol. The molecule has 1 aliphatic rings. The minimum absolute atomic E-state index is 0.0188. The molecule has 0 atom stereocenters. The minimum atomic E-state index is -0.0188. The van der Waals surface area contributed by atoms with Crippen LogP contribution in [-0.4, -0.2) is 50.1 Å². The molecular weight excluding hydrogens is 382 g/mol. The van der Waals surface area contributed by atoms with Gasteiger partial charge in [-0.2, -0.15) is 0 Å². The number of aliphatic hydroxyl groups excluding tert-OH is 1. The summed E-state index contributed by atoms with van der Waals surface area (Å²) in [6.45, 7) is 6.63. The molecule has 0 spiro atoms. The van der Waals surface area contributed by atoms with E-state index in [1.807, 2.05) is 12.1 Å². The molecule has 2 aromatic carbocycles. The Morgan fingerprint density at radius 3 is 1.97 bits per heavy atom. The second-order valence-electron chi connectivity index (χ2n) is 8.20. The van der Waals surface area contributed by atoms with Crippen molar-refractivity contribution in [1.29, 1.82) is 0 Å². The maximum Gasteiger partial charge on any atom is 0.161 e. The van der Waals surface area contributed by atoms with Crippen molar-refractivity contribution in [3.8, 4) is 23.0 Å². The molecule has 0 bridgehead atoms. The number of ether oxygens (including phenoxy) is 4. The van der Waals surface area contributed by atoms with Crippen molar-refractivity contribution in [3.05, 3.63) is 47.0 Å². The first-order chi connectivity index (χ1) is 14.4. The van der Waals surface area contributed by atoms with Crippen molar-refractivity contribution < 1.29 is 24.1 Å². The number of nitrogens with zero attached hydrogens (tertiary/aromatic N) is 1. The van der Waals surface area contributed by atoms with Gasteiger partial charge in [0.05, 0.1) is 27.9 Å². The minimum Gasteiger partial charge on any atom is -0.493 e. The standard InChI is InChI=1S/C24H33NO5/c1-24(2,9-8-17-6-7-20(30-11-10-26)21(12-17)27-3)25-15-18-13-22(28-4)23(29-5)14-19(18)16-25/h6-7,12-14,26H,8-11,15-16H2,1-5H3. The summed E-state index contributed by atoms with van der Waals surface area (Å²) in [4.78, 5) is 2.51. The summed E-state index contributed by atoms with van der Waals surface area (Å²) in [5.74, 6) is 2.93. The second kappa shape index (κ2) is 9.58. The molecule has 0 amide bonds. The number of aryl methyl sites for hydroxylation is 1. The number of benzene rings is 2. The lowest BCUT2D eigenvalue weighted by molar-refractivity contribution is 0.109. The van der Waals surface area contributed by atoms with Gasteiger partial charge in [0.1, 0.15) is 6.61 Å². The summed E-state index contributed by atoms with van der Waals surface area (Å²) in [5.41, 5.74) is 3.83. The summed E-state index contributed by atoms with van der Waals surface area (Å²) in [6, 6.07) is 10.2. The predicted molar refractivity (Wildman–Crippen MR) is 117 cm³/mol.